The van der Waals surface area contributed by atoms with Gasteiger partial charge in [-0.25, -0.2) is 0 Å². The van der Waals surface area contributed by atoms with Gasteiger partial charge in [-0.2, -0.15) is 0 Å². The Labute approximate surface area is 119 Å². The highest BCUT2D eigenvalue weighted by Crippen LogP contribution is 2.12. The van der Waals surface area contributed by atoms with Gasteiger partial charge in [0.2, 0.25) is 0 Å². The van der Waals surface area contributed by atoms with Crippen molar-refractivity contribution in [1.29, 1.82) is 0 Å². The number of nitrogens with one attached hydrogen (secondary N) is 1. The highest BCUT2D eigenvalue weighted by Gasteiger charge is 1.95. The van der Waals surface area contributed by atoms with E-state index in [9.17, 15) is 0 Å². The Morgan fingerprint density at radius 1 is 0.765 bits per heavy atom. The van der Waals surface area contributed by atoms with Gasteiger partial charge in [-0.15, -0.1) is 0 Å². The van der Waals surface area contributed by atoms with E-state index in [0.29, 0.717) is 0 Å². The summed E-state index contributed by atoms with van der Waals surface area (Å²) in [5.74, 6) is 0. The predicted molar refractivity (Wildman–Crippen MR) is 78.8 cm³/mol. The van der Waals surface area contributed by atoms with Crippen molar-refractivity contribution in [2.45, 2.75) is 13.1 Å². The smallest absolute Gasteiger partial charge is 0.0209 e. The van der Waals surface area contributed by atoms with E-state index >= 15 is 0 Å². The molecule has 0 atom stereocenters. The lowest BCUT2D eigenvalue weighted by Gasteiger charge is -2.05. The van der Waals surface area contributed by atoms with E-state index in [-0.39, 0.29) is 0 Å². The molecule has 0 radical (unpaired) electrons. The maximum Gasteiger partial charge on any atom is 0.0209 e. The molecule has 0 bridgehead atoms. The molecule has 17 heavy (non-hydrogen) atoms. The molecule has 1 N–H and O–H groups in total. The van der Waals surface area contributed by atoms with E-state index < -0.39 is 0 Å². The quantitative estimate of drug-likeness (QED) is 0.852. The molecule has 88 valence electrons. The summed E-state index contributed by atoms with van der Waals surface area (Å²) in [4.78, 5) is 0. The fraction of sp³-hybridized carbons (Fsp3) is 0.143. The van der Waals surface area contributed by atoms with Gasteiger partial charge in [0.05, 0.1) is 0 Å². The van der Waals surface area contributed by atoms with Gasteiger partial charge in [0.25, 0.3) is 0 Å². The number of rotatable bonds is 4. The van der Waals surface area contributed by atoms with E-state index in [0.717, 1.165) is 22.0 Å². The van der Waals surface area contributed by atoms with Crippen LogP contribution in [0.4, 0.5) is 0 Å². The average Bonchev–Trinajstić information content (AvgIpc) is 2.32. The minimum atomic E-state index is 0.884. The van der Waals surface area contributed by atoms with Crippen molar-refractivity contribution in [3.8, 4) is 0 Å². The van der Waals surface area contributed by atoms with Crippen molar-refractivity contribution in [3.63, 3.8) is 0 Å². The van der Waals surface area contributed by atoms with Gasteiger partial charge in [0.1, 0.15) is 0 Å². The Hall–Kier alpha value is -0.640. The van der Waals surface area contributed by atoms with Crippen molar-refractivity contribution in [1.82, 2.24) is 5.32 Å². The average molecular weight is 355 g/mol. The topological polar surface area (TPSA) is 12.0 Å². The van der Waals surface area contributed by atoms with E-state index in [1.54, 1.807) is 0 Å². The van der Waals surface area contributed by atoms with Crippen LogP contribution < -0.4 is 5.32 Å². The zero-order valence-electron chi connectivity index (χ0n) is 9.29. The lowest BCUT2D eigenvalue weighted by Crippen LogP contribution is -2.12. The molecule has 0 aromatic heterocycles. The van der Waals surface area contributed by atoms with Crippen molar-refractivity contribution in [3.05, 3.63) is 68.6 Å². The van der Waals surface area contributed by atoms with E-state index in [1.807, 2.05) is 6.07 Å². The second-order valence-electron chi connectivity index (χ2n) is 3.86. The van der Waals surface area contributed by atoms with Crippen LogP contribution in [-0.4, -0.2) is 0 Å². The summed E-state index contributed by atoms with van der Waals surface area (Å²) < 4.78 is 2.24. The molecular weight excluding hydrogens is 342 g/mol. The van der Waals surface area contributed by atoms with Gasteiger partial charge in [-0.1, -0.05) is 56.1 Å². The third-order valence-electron chi connectivity index (χ3n) is 2.46. The molecule has 0 aliphatic heterocycles. The Morgan fingerprint density at radius 3 is 2.18 bits per heavy atom. The summed E-state index contributed by atoms with van der Waals surface area (Å²) >= 11 is 6.91. The molecule has 0 fully saturated rings. The van der Waals surface area contributed by atoms with E-state index in [4.69, 9.17) is 0 Å². The van der Waals surface area contributed by atoms with Crippen LogP contribution in [0.3, 0.4) is 0 Å². The largest absolute Gasteiger partial charge is 0.309 e. The molecule has 1 nitrogen and oxygen atoms in total. The maximum atomic E-state index is 3.47. The first-order chi connectivity index (χ1) is 8.24. The Balaban J connectivity index is 1.85. The molecule has 0 saturated carbocycles. The predicted octanol–water partition coefficient (Wildman–Crippen LogP) is 4.50. The van der Waals surface area contributed by atoms with E-state index in [1.165, 1.54) is 11.1 Å². The Morgan fingerprint density at radius 2 is 1.47 bits per heavy atom. The van der Waals surface area contributed by atoms with Crippen molar-refractivity contribution < 1.29 is 0 Å². The van der Waals surface area contributed by atoms with Crippen LogP contribution in [0.2, 0.25) is 0 Å². The minimum Gasteiger partial charge on any atom is -0.309 e. The molecule has 2 aromatic rings. The van der Waals surface area contributed by atoms with Gasteiger partial charge in [0.15, 0.2) is 0 Å². The van der Waals surface area contributed by atoms with Gasteiger partial charge >= 0.3 is 0 Å². The van der Waals surface area contributed by atoms with Crippen LogP contribution in [0.5, 0.6) is 0 Å². The first kappa shape index (κ1) is 12.8. The summed E-state index contributed by atoms with van der Waals surface area (Å²) in [6, 6.07) is 16.7. The van der Waals surface area contributed by atoms with Crippen LogP contribution in [0, 0.1) is 0 Å². The molecule has 2 aromatic carbocycles. The normalized spacial score (nSPS) is 10.5. The fourth-order valence-electron chi connectivity index (χ4n) is 1.60. The molecule has 2 rings (SSSR count). The molecule has 0 saturated heterocycles. The molecule has 0 aliphatic carbocycles. The van der Waals surface area contributed by atoms with Crippen molar-refractivity contribution in [2.24, 2.45) is 0 Å². The van der Waals surface area contributed by atoms with Gasteiger partial charge < -0.3 is 5.32 Å². The number of halogens is 2. The second-order valence-corrected chi connectivity index (χ2v) is 5.69. The fourth-order valence-corrected chi connectivity index (χ4v) is 2.31. The minimum absolute atomic E-state index is 0.884. The summed E-state index contributed by atoms with van der Waals surface area (Å²) in [7, 11) is 0. The van der Waals surface area contributed by atoms with Gasteiger partial charge in [-0.05, 0) is 35.4 Å². The maximum absolute atomic E-state index is 3.47. The molecular formula is C14H13Br2N. The summed E-state index contributed by atoms with van der Waals surface area (Å²) in [6.07, 6.45) is 0. The Bertz CT molecular complexity index is 480. The number of benzene rings is 2. The number of hydrogen-bond donors (Lipinski definition) is 1. The van der Waals surface area contributed by atoms with Crippen LogP contribution in [-0.2, 0) is 13.1 Å². The van der Waals surface area contributed by atoms with Gasteiger partial charge in [0, 0.05) is 22.0 Å². The Kier molecular flexibility index (Phi) is 4.77. The number of hydrogen-bond acceptors (Lipinski definition) is 1. The van der Waals surface area contributed by atoms with Crippen molar-refractivity contribution >= 4 is 31.9 Å². The first-order valence-electron chi connectivity index (χ1n) is 5.43. The monoisotopic (exact) mass is 353 g/mol. The molecule has 0 aliphatic rings. The lowest BCUT2D eigenvalue weighted by molar-refractivity contribution is 0.693. The molecule has 0 heterocycles. The molecule has 0 amide bonds. The summed E-state index contributed by atoms with van der Waals surface area (Å²) in [5, 5.41) is 3.43. The SMILES string of the molecule is Brc1ccc(CNCc2cccc(Br)c2)cc1. The summed E-state index contributed by atoms with van der Waals surface area (Å²) in [6.45, 7) is 1.77. The van der Waals surface area contributed by atoms with Crippen molar-refractivity contribution in [2.75, 3.05) is 0 Å². The highest BCUT2D eigenvalue weighted by atomic mass is 79.9. The standard InChI is InChI=1S/C14H13Br2N/c15-13-6-4-11(5-7-13)9-17-10-12-2-1-3-14(16)8-12/h1-8,17H,9-10H2. The zero-order valence-corrected chi connectivity index (χ0v) is 12.5. The molecule has 0 unspecified atom stereocenters. The highest BCUT2D eigenvalue weighted by molar-refractivity contribution is 9.10. The first-order valence-corrected chi connectivity index (χ1v) is 7.02. The molecule has 0 spiro atoms. The van der Waals surface area contributed by atoms with Crippen LogP contribution in [0.25, 0.3) is 0 Å². The van der Waals surface area contributed by atoms with E-state index in [2.05, 4.69) is 79.6 Å². The molecule has 3 heteroatoms. The zero-order chi connectivity index (χ0) is 12.1. The lowest BCUT2D eigenvalue weighted by atomic mass is 10.2. The van der Waals surface area contributed by atoms with Gasteiger partial charge in [-0.3, -0.25) is 0 Å². The third-order valence-corrected chi connectivity index (χ3v) is 3.48. The summed E-state index contributed by atoms with van der Waals surface area (Å²) in [5.41, 5.74) is 2.58. The van der Waals surface area contributed by atoms with Crippen LogP contribution in [0.1, 0.15) is 11.1 Å². The third kappa shape index (κ3) is 4.26. The van der Waals surface area contributed by atoms with Crippen LogP contribution in [0.15, 0.2) is 57.5 Å². The second kappa shape index (κ2) is 6.34. The van der Waals surface area contributed by atoms with Crippen LogP contribution >= 0.6 is 31.9 Å².